The summed E-state index contributed by atoms with van der Waals surface area (Å²) in [6.45, 7) is 3.40. The fourth-order valence-corrected chi connectivity index (χ4v) is 3.59. The smallest absolute Gasteiger partial charge is 0.135 e. The monoisotopic (exact) mass is 430 g/mol. The number of hydrogen-bond acceptors (Lipinski definition) is 3. The van der Waals surface area contributed by atoms with Crippen molar-refractivity contribution in [3.8, 4) is 5.75 Å². The van der Waals surface area contributed by atoms with Crippen LogP contribution in [-0.2, 0) is 4.74 Å². The van der Waals surface area contributed by atoms with Crippen LogP contribution in [0.4, 0.5) is 0 Å². The summed E-state index contributed by atoms with van der Waals surface area (Å²) in [5, 5.41) is 14.6. The maximum absolute atomic E-state index is 10.3. The number of benzene rings is 3. The Morgan fingerprint density at radius 1 is 0.926 bits per heavy atom. The lowest BCUT2D eigenvalue weighted by Crippen LogP contribution is -2.23. The predicted molar refractivity (Wildman–Crippen MR) is 116 cm³/mol. The van der Waals surface area contributed by atoms with Crippen molar-refractivity contribution < 1.29 is 14.6 Å². The molecule has 0 aliphatic rings. The third kappa shape index (κ3) is 5.44. The van der Waals surface area contributed by atoms with E-state index in [0.29, 0.717) is 13.2 Å². The second-order valence-electron chi connectivity index (χ2n) is 6.89. The van der Waals surface area contributed by atoms with Gasteiger partial charge in [-0.3, -0.25) is 0 Å². The molecule has 0 heterocycles. The summed E-state index contributed by atoms with van der Waals surface area (Å²) in [6.07, 6.45) is 4.03. The number of aliphatic hydroxyl groups excluding tert-OH is 1. The standard InChI is InChI=1S/C23H27BrO3/c1-2-3-4-7-12-26-15-20(25)16-27-23-21-9-6-5-8-17(21)13-18-10-11-19(24)14-22(18)23/h5-6,8-11,13-14,20,25H,2-4,7,12,15-16H2,1H3. The highest BCUT2D eigenvalue weighted by atomic mass is 79.9. The second-order valence-corrected chi connectivity index (χ2v) is 7.81. The molecule has 1 N–H and O–H groups in total. The molecule has 3 aromatic carbocycles. The number of rotatable bonds is 10. The van der Waals surface area contributed by atoms with Gasteiger partial charge in [0.15, 0.2) is 0 Å². The Balaban J connectivity index is 1.69. The average molecular weight is 431 g/mol. The molecule has 0 spiro atoms. The Morgan fingerprint density at radius 2 is 1.74 bits per heavy atom. The Labute approximate surface area is 169 Å². The van der Waals surface area contributed by atoms with Crippen LogP contribution in [-0.4, -0.2) is 31.0 Å². The van der Waals surface area contributed by atoms with Crippen LogP contribution in [0, 0.1) is 0 Å². The Bertz CT molecular complexity index is 878. The van der Waals surface area contributed by atoms with Gasteiger partial charge >= 0.3 is 0 Å². The van der Waals surface area contributed by atoms with E-state index in [1.807, 2.05) is 18.2 Å². The van der Waals surface area contributed by atoms with Gasteiger partial charge in [0.05, 0.1) is 6.61 Å². The summed E-state index contributed by atoms with van der Waals surface area (Å²) in [6, 6.07) is 16.5. The minimum Gasteiger partial charge on any atom is -0.489 e. The van der Waals surface area contributed by atoms with Gasteiger partial charge in [0, 0.05) is 21.9 Å². The molecule has 0 fully saturated rings. The maximum atomic E-state index is 10.3. The van der Waals surface area contributed by atoms with E-state index in [1.54, 1.807) is 0 Å². The number of hydrogen-bond donors (Lipinski definition) is 1. The Morgan fingerprint density at radius 3 is 2.59 bits per heavy atom. The average Bonchev–Trinajstić information content (AvgIpc) is 2.68. The first-order chi connectivity index (χ1) is 13.2. The van der Waals surface area contributed by atoms with Gasteiger partial charge in [-0.05, 0) is 35.4 Å². The highest BCUT2D eigenvalue weighted by Crippen LogP contribution is 2.36. The highest BCUT2D eigenvalue weighted by molar-refractivity contribution is 9.10. The molecule has 0 bridgehead atoms. The molecule has 0 aliphatic heterocycles. The molecule has 3 aromatic rings. The summed E-state index contributed by atoms with van der Waals surface area (Å²) in [7, 11) is 0. The Kier molecular flexibility index (Phi) is 7.50. The molecule has 0 radical (unpaired) electrons. The predicted octanol–water partition coefficient (Wildman–Crippen LogP) is 6.09. The maximum Gasteiger partial charge on any atom is 0.135 e. The summed E-state index contributed by atoms with van der Waals surface area (Å²) < 4.78 is 12.7. The summed E-state index contributed by atoms with van der Waals surface area (Å²) >= 11 is 3.55. The van der Waals surface area contributed by atoms with Gasteiger partial charge < -0.3 is 14.6 Å². The lowest BCUT2D eigenvalue weighted by Gasteiger charge is -2.16. The van der Waals surface area contributed by atoms with Gasteiger partial charge in [0.1, 0.15) is 18.5 Å². The van der Waals surface area contributed by atoms with Gasteiger partial charge in [-0.2, -0.15) is 0 Å². The molecule has 1 atom stereocenters. The van der Waals surface area contributed by atoms with Crippen molar-refractivity contribution in [3.63, 3.8) is 0 Å². The molecule has 0 amide bonds. The van der Waals surface area contributed by atoms with E-state index in [2.05, 4.69) is 53.2 Å². The molecule has 3 nitrogen and oxygen atoms in total. The molecule has 4 heteroatoms. The molecule has 0 saturated carbocycles. The van der Waals surface area contributed by atoms with Gasteiger partial charge in [-0.1, -0.05) is 72.4 Å². The van der Waals surface area contributed by atoms with Crippen LogP contribution in [0.15, 0.2) is 53.0 Å². The van der Waals surface area contributed by atoms with Gasteiger partial charge in [-0.25, -0.2) is 0 Å². The molecule has 144 valence electrons. The number of aliphatic hydroxyl groups is 1. The third-order valence-electron chi connectivity index (χ3n) is 4.65. The number of unbranched alkanes of at least 4 members (excludes halogenated alkanes) is 3. The van der Waals surface area contributed by atoms with E-state index in [9.17, 15) is 5.11 Å². The van der Waals surface area contributed by atoms with Crippen LogP contribution in [0.25, 0.3) is 21.5 Å². The molecule has 27 heavy (non-hydrogen) atoms. The zero-order valence-electron chi connectivity index (χ0n) is 15.8. The first-order valence-electron chi connectivity index (χ1n) is 9.68. The van der Waals surface area contributed by atoms with Crippen LogP contribution in [0.2, 0.25) is 0 Å². The van der Waals surface area contributed by atoms with Gasteiger partial charge in [0.25, 0.3) is 0 Å². The lowest BCUT2D eigenvalue weighted by atomic mass is 10.0. The van der Waals surface area contributed by atoms with Crippen molar-refractivity contribution in [1.29, 1.82) is 0 Å². The van der Waals surface area contributed by atoms with Crippen molar-refractivity contribution >= 4 is 37.5 Å². The number of fused-ring (bicyclic) bond motifs is 2. The van der Waals surface area contributed by atoms with Crippen LogP contribution in [0.5, 0.6) is 5.75 Å². The van der Waals surface area contributed by atoms with E-state index >= 15 is 0 Å². The van der Waals surface area contributed by atoms with Gasteiger partial charge in [-0.15, -0.1) is 0 Å². The quantitative estimate of drug-likeness (QED) is 0.312. The molecule has 0 aromatic heterocycles. The summed E-state index contributed by atoms with van der Waals surface area (Å²) in [5.74, 6) is 0.811. The van der Waals surface area contributed by atoms with Crippen LogP contribution in [0.1, 0.15) is 32.6 Å². The highest BCUT2D eigenvalue weighted by Gasteiger charge is 2.12. The van der Waals surface area contributed by atoms with Crippen molar-refractivity contribution in [2.75, 3.05) is 19.8 Å². The SMILES string of the molecule is CCCCCCOCC(O)COc1c2ccccc2cc2ccc(Br)cc12. The van der Waals surface area contributed by atoms with E-state index in [0.717, 1.165) is 38.2 Å². The third-order valence-corrected chi connectivity index (χ3v) is 5.14. The normalized spacial score (nSPS) is 12.6. The van der Waals surface area contributed by atoms with Crippen molar-refractivity contribution in [2.24, 2.45) is 0 Å². The van der Waals surface area contributed by atoms with Crippen molar-refractivity contribution in [2.45, 2.75) is 38.7 Å². The largest absolute Gasteiger partial charge is 0.489 e. The van der Waals surface area contributed by atoms with Crippen LogP contribution >= 0.6 is 15.9 Å². The molecule has 0 aliphatic carbocycles. The van der Waals surface area contributed by atoms with E-state index in [4.69, 9.17) is 9.47 Å². The second kappa shape index (κ2) is 10.1. The van der Waals surface area contributed by atoms with Crippen LogP contribution < -0.4 is 4.74 Å². The van der Waals surface area contributed by atoms with E-state index < -0.39 is 6.10 Å². The van der Waals surface area contributed by atoms with Crippen molar-refractivity contribution in [1.82, 2.24) is 0 Å². The molecular weight excluding hydrogens is 404 g/mol. The van der Waals surface area contributed by atoms with E-state index in [1.165, 1.54) is 19.3 Å². The van der Waals surface area contributed by atoms with Crippen molar-refractivity contribution in [3.05, 3.63) is 53.0 Å². The molecular formula is C23H27BrO3. The minimum absolute atomic E-state index is 0.213. The topological polar surface area (TPSA) is 38.7 Å². The minimum atomic E-state index is -0.641. The Hall–Kier alpha value is -1.62. The molecule has 3 rings (SSSR count). The number of halogens is 1. The molecule has 0 saturated heterocycles. The number of ether oxygens (including phenoxy) is 2. The van der Waals surface area contributed by atoms with E-state index in [-0.39, 0.29) is 6.61 Å². The zero-order valence-corrected chi connectivity index (χ0v) is 17.4. The summed E-state index contributed by atoms with van der Waals surface area (Å²) in [5.41, 5.74) is 0. The van der Waals surface area contributed by atoms with Crippen LogP contribution in [0.3, 0.4) is 0 Å². The fourth-order valence-electron chi connectivity index (χ4n) is 3.23. The van der Waals surface area contributed by atoms with Gasteiger partial charge in [0.2, 0.25) is 0 Å². The summed E-state index contributed by atoms with van der Waals surface area (Å²) in [4.78, 5) is 0. The zero-order chi connectivity index (χ0) is 19.1. The lowest BCUT2D eigenvalue weighted by molar-refractivity contribution is 0.0115. The fraction of sp³-hybridized carbons (Fsp3) is 0.391. The first kappa shape index (κ1) is 20.1. The first-order valence-corrected chi connectivity index (χ1v) is 10.5. The molecule has 1 unspecified atom stereocenters.